The molecule has 4 heterocycles. The van der Waals surface area contributed by atoms with Crippen molar-refractivity contribution in [1.82, 2.24) is 28.9 Å². The van der Waals surface area contributed by atoms with E-state index in [1.54, 1.807) is 14.2 Å². The number of hydrogen-bond donors (Lipinski definition) is 0. The fourth-order valence-electron chi connectivity index (χ4n) is 8.74. The SMILES string of the molecule is COc1ccc2c(c1)nc(COc1ccc(Cl)cc1)n2CCCC1CCCN(C)C1.COc1ccc2nc(COc3ccc(Cl)cc3)n(CCCC3CCCN(C)C3)c2c1. The third kappa shape index (κ3) is 11.9. The number of rotatable bonds is 16. The fourth-order valence-corrected chi connectivity index (χ4v) is 8.99. The minimum Gasteiger partial charge on any atom is -0.497 e. The summed E-state index contributed by atoms with van der Waals surface area (Å²) >= 11 is 12.0. The molecule has 12 heteroatoms. The van der Waals surface area contributed by atoms with Gasteiger partial charge in [0.05, 0.1) is 36.3 Å². The summed E-state index contributed by atoms with van der Waals surface area (Å²) in [5, 5.41) is 1.41. The van der Waals surface area contributed by atoms with E-state index in [0.717, 1.165) is 94.5 Å². The number of halogens is 2. The topological polar surface area (TPSA) is 79.0 Å². The lowest BCUT2D eigenvalue weighted by molar-refractivity contribution is 0.198. The maximum atomic E-state index is 6.00. The van der Waals surface area contributed by atoms with E-state index in [9.17, 15) is 0 Å². The second-order valence-electron chi connectivity index (χ2n) is 16.4. The van der Waals surface area contributed by atoms with Crippen molar-refractivity contribution >= 4 is 45.3 Å². The molecule has 6 aromatic rings. The Kier molecular flexibility index (Phi) is 15.5. The number of benzene rings is 4. The van der Waals surface area contributed by atoms with Gasteiger partial charge in [-0.15, -0.1) is 0 Å². The molecule has 60 heavy (non-hydrogen) atoms. The third-order valence-corrected chi connectivity index (χ3v) is 12.4. The molecule has 2 aromatic heterocycles. The summed E-state index contributed by atoms with van der Waals surface area (Å²) in [6, 6.07) is 27.0. The molecule has 320 valence electrons. The normalized spacial score (nSPS) is 17.4. The molecule has 0 spiro atoms. The zero-order valence-electron chi connectivity index (χ0n) is 35.6. The molecule has 0 saturated carbocycles. The van der Waals surface area contributed by atoms with Crippen molar-refractivity contribution in [2.45, 2.75) is 77.7 Å². The summed E-state index contributed by atoms with van der Waals surface area (Å²) in [5.74, 6) is 6.73. The van der Waals surface area contributed by atoms with Crippen LogP contribution in [0.3, 0.4) is 0 Å². The van der Waals surface area contributed by atoms with Gasteiger partial charge in [-0.05, 0) is 163 Å². The van der Waals surface area contributed by atoms with E-state index in [-0.39, 0.29) is 0 Å². The van der Waals surface area contributed by atoms with Gasteiger partial charge in [0.25, 0.3) is 0 Å². The van der Waals surface area contributed by atoms with Crippen LogP contribution in [0.25, 0.3) is 22.1 Å². The molecule has 0 bridgehead atoms. The number of fused-ring (bicyclic) bond motifs is 2. The van der Waals surface area contributed by atoms with Gasteiger partial charge in [0.15, 0.2) is 0 Å². The number of likely N-dealkylation sites (tertiary alicyclic amines) is 2. The Bertz CT molecular complexity index is 2210. The van der Waals surface area contributed by atoms with Crippen molar-refractivity contribution in [3.05, 3.63) is 107 Å². The van der Waals surface area contributed by atoms with Crippen LogP contribution in [0.1, 0.15) is 63.0 Å². The number of imidazole rings is 2. The lowest BCUT2D eigenvalue weighted by atomic mass is 9.94. The molecule has 0 radical (unpaired) electrons. The molecule has 8 rings (SSSR count). The van der Waals surface area contributed by atoms with Crippen molar-refractivity contribution in [3.8, 4) is 23.0 Å². The molecule has 2 unspecified atom stereocenters. The van der Waals surface area contributed by atoms with E-state index in [1.165, 1.54) is 64.7 Å². The maximum Gasteiger partial charge on any atom is 0.148 e. The van der Waals surface area contributed by atoms with Crippen LogP contribution >= 0.6 is 23.2 Å². The van der Waals surface area contributed by atoms with E-state index < -0.39 is 0 Å². The summed E-state index contributed by atoms with van der Waals surface area (Å²) in [7, 11) is 7.85. The second kappa shape index (κ2) is 21.4. The van der Waals surface area contributed by atoms with Crippen molar-refractivity contribution in [3.63, 3.8) is 0 Å². The van der Waals surface area contributed by atoms with Gasteiger partial charge in [-0.1, -0.05) is 23.2 Å². The number of ether oxygens (including phenoxy) is 4. The molecule has 2 saturated heterocycles. The van der Waals surface area contributed by atoms with Crippen LogP contribution in [0.4, 0.5) is 0 Å². The van der Waals surface area contributed by atoms with E-state index in [1.807, 2.05) is 72.8 Å². The highest BCUT2D eigenvalue weighted by molar-refractivity contribution is 6.30. The number of aromatic nitrogens is 4. The average Bonchev–Trinajstić information content (AvgIpc) is 3.79. The molecule has 0 aliphatic carbocycles. The first kappa shape index (κ1) is 43.6. The predicted molar refractivity (Wildman–Crippen MR) is 243 cm³/mol. The summed E-state index contributed by atoms with van der Waals surface area (Å²) in [6.45, 7) is 7.62. The van der Waals surface area contributed by atoms with Crippen LogP contribution in [-0.4, -0.2) is 83.4 Å². The molecule has 2 fully saturated rings. The van der Waals surface area contributed by atoms with E-state index >= 15 is 0 Å². The number of aryl methyl sites for hydroxylation is 2. The summed E-state index contributed by atoms with van der Waals surface area (Å²) in [6.07, 6.45) is 10.1. The van der Waals surface area contributed by atoms with E-state index in [2.05, 4.69) is 45.2 Å². The Hall–Kier alpha value is -4.48. The van der Waals surface area contributed by atoms with Gasteiger partial charge < -0.3 is 37.9 Å². The van der Waals surface area contributed by atoms with Crippen molar-refractivity contribution in [1.29, 1.82) is 0 Å². The van der Waals surface area contributed by atoms with Gasteiger partial charge in [0.2, 0.25) is 0 Å². The highest BCUT2D eigenvalue weighted by Gasteiger charge is 2.20. The molecular weight excluding hydrogens is 795 g/mol. The summed E-state index contributed by atoms with van der Waals surface area (Å²) in [5.41, 5.74) is 4.15. The molecular formula is C48H60Cl2N6O4. The first-order valence-corrected chi connectivity index (χ1v) is 22.2. The Labute approximate surface area is 365 Å². The summed E-state index contributed by atoms with van der Waals surface area (Å²) < 4.78 is 27.4. The Balaban J connectivity index is 0.000000181. The molecule has 0 amide bonds. The summed E-state index contributed by atoms with van der Waals surface area (Å²) in [4.78, 5) is 14.6. The Morgan fingerprint density at radius 1 is 0.567 bits per heavy atom. The minimum atomic E-state index is 0.421. The third-order valence-electron chi connectivity index (χ3n) is 11.9. The van der Waals surface area contributed by atoms with Gasteiger partial charge in [-0.3, -0.25) is 0 Å². The van der Waals surface area contributed by atoms with Crippen LogP contribution in [-0.2, 0) is 26.3 Å². The van der Waals surface area contributed by atoms with Gasteiger partial charge in [0.1, 0.15) is 47.9 Å². The van der Waals surface area contributed by atoms with Crippen LogP contribution in [0.15, 0.2) is 84.9 Å². The first-order valence-electron chi connectivity index (χ1n) is 21.4. The Morgan fingerprint density at radius 3 is 1.55 bits per heavy atom. The van der Waals surface area contributed by atoms with Crippen molar-refractivity contribution in [2.75, 3.05) is 54.5 Å². The highest BCUT2D eigenvalue weighted by atomic mass is 35.5. The molecule has 10 nitrogen and oxygen atoms in total. The predicted octanol–water partition coefficient (Wildman–Crippen LogP) is 10.8. The maximum absolute atomic E-state index is 6.00. The smallest absolute Gasteiger partial charge is 0.148 e. The van der Waals surface area contributed by atoms with Crippen molar-refractivity contribution < 1.29 is 18.9 Å². The molecule has 0 N–H and O–H groups in total. The van der Waals surface area contributed by atoms with Gasteiger partial charge in [-0.25, -0.2) is 9.97 Å². The number of nitrogens with zero attached hydrogens (tertiary/aromatic N) is 6. The molecule has 4 aromatic carbocycles. The van der Waals surface area contributed by atoms with Gasteiger partial charge in [0, 0.05) is 48.4 Å². The lowest BCUT2D eigenvalue weighted by Crippen LogP contribution is -2.32. The van der Waals surface area contributed by atoms with Gasteiger partial charge in [-0.2, -0.15) is 0 Å². The zero-order valence-corrected chi connectivity index (χ0v) is 37.1. The van der Waals surface area contributed by atoms with E-state index in [0.29, 0.717) is 23.3 Å². The number of piperidine rings is 2. The van der Waals surface area contributed by atoms with Crippen LogP contribution in [0.5, 0.6) is 23.0 Å². The molecule has 2 aliphatic heterocycles. The minimum absolute atomic E-state index is 0.421. The zero-order chi connectivity index (χ0) is 41.8. The first-order chi connectivity index (χ1) is 29.2. The largest absolute Gasteiger partial charge is 0.497 e. The molecule has 2 atom stereocenters. The average molecular weight is 856 g/mol. The highest BCUT2D eigenvalue weighted by Crippen LogP contribution is 2.28. The number of hydrogen-bond acceptors (Lipinski definition) is 8. The van der Waals surface area contributed by atoms with Crippen LogP contribution in [0, 0.1) is 11.8 Å². The fraction of sp³-hybridized carbons (Fsp3) is 0.458. The van der Waals surface area contributed by atoms with E-state index in [4.69, 9.17) is 52.1 Å². The standard InChI is InChI=1S/2C24H30ClN3O2/c1-27-13-3-5-18(16-27)6-4-14-28-23-12-11-21(29-2)15-22(23)26-24(28)17-30-20-9-7-19(25)8-10-20;1-27-13-3-5-18(16-27)6-4-14-28-23-15-21(29-2)11-12-22(23)26-24(28)17-30-20-9-7-19(25)8-10-20/h2*7-12,15,18H,3-6,13-14,16-17H2,1-2H3. The second-order valence-corrected chi connectivity index (χ2v) is 17.3. The lowest BCUT2D eigenvalue weighted by Gasteiger charge is -2.29. The van der Waals surface area contributed by atoms with Crippen LogP contribution in [0.2, 0.25) is 10.0 Å². The quantitative estimate of drug-likeness (QED) is 0.0952. The monoisotopic (exact) mass is 854 g/mol. The van der Waals surface area contributed by atoms with Crippen molar-refractivity contribution in [2.24, 2.45) is 11.8 Å². The van der Waals surface area contributed by atoms with Gasteiger partial charge >= 0.3 is 0 Å². The Morgan fingerprint density at radius 2 is 1.03 bits per heavy atom. The van der Waals surface area contributed by atoms with Crippen LogP contribution < -0.4 is 18.9 Å². The number of methoxy groups -OCH3 is 2. The molecule has 2 aliphatic rings.